The number of rotatable bonds is 3. The van der Waals surface area contributed by atoms with E-state index < -0.39 is 0 Å². The lowest BCUT2D eigenvalue weighted by Crippen LogP contribution is -2.40. The molecule has 1 fully saturated rings. The lowest BCUT2D eigenvalue weighted by atomic mass is 10.1. The fourth-order valence-corrected chi connectivity index (χ4v) is 1.42. The first-order valence-corrected chi connectivity index (χ1v) is 4.36. The van der Waals surface area contributed by atoms with Gasteiger partial charge in [-0.05, 0) is 32.5 Å². The van der Waals surface area contributed by atoms with Crippen molar-refractivity contribution in [3.8, 4) is 0 Å². The molecule has 3 heteroatoms. The number of piperidine rings is 1. The first-order valence-electron chi connectivity index (χ1n) is 4.36. The van der Waals surface area contributed by atoms with Crippen LogP contribution in [-0.4, -0.2) is 44.2 Å². The summed E-state index contributed by atoms with van der Waals surface area (Å²) in [5, 5.41) is 4.08. The molecule has 0 spiro atoms. The van der Waals surface area contributed by atoms with Crippen LogP contribution in [0.2, 0.25) is 0 Å². The molecule has 1 saturated heterocycles. The van der Waals surface area contributed by atoms with Gasteiger partial charge in [0.15, 0.2) is 0 Å². The lowest BCUT2D eigenvalue weighted by molar-refractivity contribution is 0.221. The summed E-state index contributed by atoms with van der Waals surface area (Å²) in [5.41, 5.74) is 5.78. The minimum atomic E-state index is 0.449. The smallest absolute Gasteiger partial charge is 0.00631 e. The molecule has 0 saturated carbocycles. The molecular weight excluding hydrogens is 138 g/mol. The van der Waals surface area contributed by atoms with Crippen LogP contribution in [0.25, 0.3) is 5.32 Å². The Morgan fingerprint density at radius 2 is 2.09 bits per heavy atom. The third kappa shape index (κ3) is 3.18. The summed E-state index contributed by atoms with van der Waals surface area (Å²) < 4.78 is 0. The lowest BCUT2D eigenvalue weighted by Gasteiger charge is -2.31. The van der Waals surface area contributed by atoms with Gasteiger partial charge in [-0.1, -0.05) is 0 Å². The van der Waals surface area contributed by atoms with E-state index in [2.05, 4.69) is 10.2 Å². The van der Waals surface area contributed by atoms with Crippen molar-refractivity contribution in [2.24, 2.45) is 5.73 Å². The highest BCUT2D eigenvalue weighted by Crippen LogP contribution is 2.07. The van der Waals surface area contributed by atoms with Crippen molar-refractivity contribution in [2.45, 2.75) is 18.9 Å². The van der Waals surface area contributed by atoms with E-state index in [9.17, 15) is 0 Å². The van der Waals surface area contributed by atoms with Gasteiger partial charge in [0.05, 0.1) is 0 Å². The average Bonchev–Trinajstić information content (AvgIpc) is 2.04. The van der Waals surface area contributed by atoms with Crippen LogP contribution in [0.4, 0.5) is 0 Å². The highest BCUT2D eigenvalue weighted by molar-refractivity contribution is 4.78. The van der Waals surface area contributed by atoms with Crippen molar-refractivity contribution >= 4 is 0 Å². The van der Waals surface area contributed by atoms with E-state index in [1.807, 2.05) is 7.05 Å². The normalized spacial score (nSPS) is 22.4. The van der Waals surface area contributed by atoms with Gasteiger partial charge in [0.25, 0.3) is 0 Å². The fraction of sp³-hybridized carbons (Fsp3) is 1.00. The van der Waals surface area contributed by atoms with Crippen LogP contribution in [0.15, 0.2) is 0 Å². The van der Waals surface area contributed by atoms with Crippen LogP contribution < -0.4 is 5.73 Å². The molecule has 0 aromatic rings. The van der Waals surface area contributed by atoms with E-state index in [1.165, 1.54) is 0 Å². The topological polar surface area (TPSA) is 43.4 Å². The molecule has 2 N–H and O–H groups in total. The summed E-state index contributed by atoms with van der Waals surface area (Å²) in [6, 6.07) is 0.449. The van der Waals surface area contributed by atoms with Gasteiger partial charge in [-0.2, -0.15) is 7.05 Å². The summed E-state index contributed by atoms with van der Waals surface area (Å²) in [5.74, 6) is 0. The van der Waals surface area contributed by atoms with Gasteiger partial charge in [0.2, 0.25) is 0 Å². The van der Waals surface area contributed by atoms with Gasteiger partial charge in [0, 0.05) is 6.04 Å². The van der Waals surface area contributed by atoms with Crippen LogP contribution in [0.1, 0.15) is 12.8 Å². The zero-order valence-electron chi connectivity index (χ0n) is 7.29. The predicted molar refractivity (Wildman–Crippen MR) is 47.8 cm³/mol. The Balaban J connectivity index is 2.07. The monoisotopic (exact) mass is 156 g/mol. The van der Waals surface area contributed by atoms with Gasteiger partial charge in [0.1, 0.15) is 0 Å². The first-order chi connectivity index (χ1) is 5.33. The Morgan fingerprint density at radius 1 is 1.45 bits per heavy atom. The molecule has 66 valence electrons. The molecule has 0 amide bonds. The number of likely N-dealkylation sites (N-methyl/N-ethyl adjacent to an activating group) is 1. The summed E-state index contributed by atoms with van der Waals surface area (Å²) in [4.78, 5) is 2.44. The van der Waals surface area contributed by atoms with Crippen molar-refractivity contribution in [1.29, 1.82) is 0 Å². The molecule has 3 nitrogen and oxygen atoms in total. The summed E-state index contributed by atoms with van der Waals surface area (Å²) in [7, 11) is 1.87. The molecule has 1 aliphatic heterocycles. The second-order valence-corrected chi connectivity index (χ2v) is 3.22. The van der Waals surface area contributed by atoms with E-state index in [1.54, 1.807) is 0 Å². The zero-order valence-corrected chi connectivity index (χ0v) is 7.29. The van der Waals surface area contributed by atoms with E-state index >= 15 is 0 Å². The third-order valence-corrected chi connectivity index (χ3v) is 2.27. The van der Waals surface area contributed by atoms with E-state index in [4.69, 9.17) is 5.73 Å². The summed E-state index contributed by atoms with van der Waals surface area (Å²) in [6.45, 7) is 4.41. The van der Waals surface area contributed by atoms with Gasteiger partial charge in [-0.15, -0.1) is 6.54 Å². The van der Waals surface area contributed by atoms with Crippen LogP contribution in [0.5, 0.6) is 0 Å². The van der Waals surface area contributed by atoms with Crippen LogP contribution in [0, 0.1) is 0 Å². The maximum atomic E-state index is 5.78. The van der Waals surface area contributed by atoms with Gasteiger partial charge in [-0.3, -0.25) is 0 Å². The molecule has 0 unspecified atom stereocenters. The van der Waals surface area contributed by atoms with Gasteiger partial charge in [-0.25, -0.2) is 0 Å². The van der Waals surface area contributed by atoms with Crippen molar-refractivity contribution < 1.29 is 0 Å². The quantitative estimate of drug-likeness (QED) is 0.643. The van der Waals surface area contributed by atoms with Crippen LogP contribution in [0.3, 0.4) is 0 Å². The minimum Gasteiger partial charge on any atom is -0.664 e. The number of hydrogen-bond donors (Lipinski definition) is 1. The van der Waals surface area contributed by atoms with E-state index in [0.29, 0.717) is 6.04 Å². The Kier molecular flexibility index (Phi) is 3.83. The van der Waals surface area contributed by atoms with Crippen molar-refractivity contribution in [3.63, 3.8) is 0 Å². The highest BCUT2D eigenvalue weighted by atomic mass is 15.1. The van der Waals surface area contributed by atoms with Crippen molar-refractivity contribution in [1.82, 2.24) is 4.90 Å². The third-order valence-electron chi connectivity index (χ3n) is 2.27. The summed E-state index contributed by atoms with van der Waals surface area (Å²) >= 11 is 0. The van der Waals surface area contributed by atoms with Crippen LogP contribution in [-0.2, 0) is 0 Å². The maximum absolute atomic E-state index is 5.78. The van der Waals surface area contributed by atoms with Crippen molar-refractivity contribution in [3.05, 3.63) is 5.32 Å². The molecule has 1 heterocycles. The predicted octanol–water partition coefficient (Wildman–Crippen LogP) is 0.413. The maximum Gasteiger partial charge on any atom is 0.00631 e. The Bertz CT molecular complexity index is 94.8. The molecule has 0 radical (unpaired) electrons. The number of nitrogens with zero attached hydrogens (tertiary/aromatic N) is 2. The SMILES string of the molecule is C[N-]CCN1CCC(N)CC1. The van der Waals surface area contributed by atoms with Crippen LogP contribution >= 0.6 is 0 Å². The Morgan fingerprint density at radius 3 is 2.64 bits per heavy atom. The Labute approximate surface area is 68.9 Å². The second-order valence-electron chi connectivity index (χ2n) is 3.22. The molecule has 0 atom stereocenters. The molecule has 0 bridgehead atoms. The van der Waals surface area contributed by atoms with E-state index in [-0.39, 0.29) is 0 Å². The minimum absolute atomic E-state index is 0.449. The highest BCUT2D eigenvalue weighted by Gasteiger charge is 2.13. The number of hydrogen-bond acceptors (Lipinski definition) is 2. The molecule has 0 aliphatic carbocycles. The van der Waals surface area contributed by atoms with E-state index in [0.717, 1.165) is 39.0 Å². The van der Waals surface area contributed by atoms with Gasteiger partial charge >= 0.3 is 0 Å². The van der Waals surface area contributed by atoms with Crippen molar-refractivity contribution in [2.75, 3.05) is 33.2 Å². The molecule has 11 heavy (non-hydrogen) atoms. The fourth-order valence-electron chi connectivity index (χ4n) is 1.42. The molecule has 1 aliphatic rings. The summed E-state index contributed by atoms with van der Waals surface area (Å²) in [6.07, 6.45) is 2.31. The molecule has 1 rings (SSSR count). The number of nitrogens with two attached hydrogens (primary N) is 1. The molecular formula is C8H18N3-. The largest absolute Gasteiger partial charge is 0.664 e. The Hall–Kier alpha value is -0.120. The average molecular weight is 156 g/mol. The zero-order chi connectivity index (χ0) is 8.10. The standard InChI is InChI=1S/C8H18N3/c1-10-4-7-11-5-2-8(9)3-6-11/h8H,2-7,9H2,1H3/q-1. The second kappa shape index (κ2) is 4.70. The molecule has 0 aromatic heterocycles. The number of likely N-dealkylation sites (tertiary alicyclic amines) is 1. The molecule has 0 aromatic carbocycles. The first kappa shape index (κ1) is 8.97. The van der Waals surface area contributed by atoms with Gasteiger partial charge < -0.3 is 16.0 Å².